The molecule has 3 atom stereocenters. The fourth-order valence-corrected chi connectivity index (χ4v) is 2.42. The second-order valence-electron chi connectivity index (χ2n) is 4.68. The molecule has 16 heavy (non-hydrogen) atoms. The second-order valence-corrected chi connectivity index (χ2v) is 4.68. The Morgan fingerprint density at radius 1 is 1.50 bits per heavy atom. The van der Waals surface area contributed by atoms with Gasteiger partial charge in [0, 0.05) is 12.6 Å². The molecule has 0 aromatic rings. The van der Waals surface area contributed by atoms with Crippen molar-refractivity contribution < 1.29 is 15.0 Å². The third-order valence-electron chi connectivity index (χ3n) is 3.45. The smallest absolute Gasteiger partial charge is 0.320 e. The molecule has 94 valence electrons. The maximum absolute atomic E-state index is 11.1. The van der Waals surface area contributed by atoms with Gasteiger partial charge in [-0.2, -0.15) is 0 Å². The minimum absolute atomic E-state index is 0.164. The molecule has 4 heteroatoms. The van der Waals surface area contributed by atoms with Crippen molar-refractivity contribution in [1.29, 1.82) is 0 Å². The number of nitrogens with one attached hydrogen (secondary N) is 1. The van der Waals surface area contributed by atoms with E-state index in [0.717, 1.165) is 32.1 Å². The summed E-state index contributed by atoms with van der Waals surface area (Å²) in [5, 5.41) is 21.5. The molecule has 3 N–H and O–H groups in total. The molecular formula is C12H23NO3. The largest absolute Gasteiger partial charge is 0.480 e. The summed E-state index contributed by atoms with van der Waals surface area (Å²) in [6.07, 6.45) is 5.71. The monoisotopic (exact) mass is 229 g/mol. The number of carbonyl (C=O) groups is 1. The Hall–Kier alpha value is -0.610. The summed E-state index contributed by atoms with van der Waals surface area (Å²) in [5.74, 6) is -0.527. The summed E-state index contributed by atoms with van der Waals surface area (Å²) >= 11 is 0. The van der Waals surface area contributed by atoms with Crippen LogP contribution in [0.15, 0.2) is 0 Å². The first kappa shape index (κ1) is 13.5. The SMILES string of the molecule is CCCCC(NC1CCCC1CO)C(=O)O. The van der Waals surface area contributed by atoms with E-state index in [1.54, 1.807) is 0 Å². The van der Waals surface area contributed by atoms with Crippen molar-refractivity contribution >= 4 is 5.97 Å². The van der Waals surface area contributed by atoms with Crippen LogP contribution in [0.25, 0.3) is 0 Å². The Morgan fingerprint density at radius 2 is 2.25 bits per heavy atom. The van der Waals surface area contributed by atoms with E-state index in [1.807, 2.05) is 0 Å². The first-order valence-corrected chi connectivity index (χ1v) is 6.28. The summed E-state index contributed by atoms with van der Waals surface area (Å²) in [6, 6.07) is -0.264. The predicted molar refractivity (Wildman–Crippen MR) is 62.3 cm³/mol. The third kappa shape index (κ3) is 3.76. The van der Waals surface area contributed by atoms with Gasteiger partial charge in [-0.25, -0.2) is 0 Å². The first-order valence-electron chi connectivity index (χ1n) is 6.28. The topological polar surface area (TPSA) is 69.6 Å². The van der Waals surface area contributed by atoms with Crippen molar-refractivity contribution in [3.05, 3.63) is 0 Å². The van der Waals surface area contributed by atoms with Crippen LogP contribution in [0.3, 0.4) is 0 Å². The molecule has 0 aromatic heterocycles. The molecule has 1 saturated carbocycles. The van der Waals surface area contributed by atoms with Gasteiger partial charge >= 0.3 is 5.97 Å². The summed E-state index contributed by atoms with van der Waals surface area (Å²) in [7, 11) is 0. The van der Waals surface area contributed by atoms with E-state index < -0.39 is 12.0 Å². The van der Waals surface area contributed by atoms with Gasteiger partial charge in [0.1, 0.15) is 6.04 Å². The molecule has 1 rings (SSSR count). The minimum Gasteiger partial charge on any atom is -0.480 e. The number of carboxylic acids is 1. The third-order valence-corrected chi connectivity index (χ3v) is 3.45. The fraction of sp³-hybridized carbons (Fsp3) is 0.917. The summed E-state index contributed by atoms with van der Waals surface area (Å²) in [5.41, 5.74) is 0. The van der Waals surface area contributed by atoms with E-state index in [2.05, 4.69) is 12.2 Å². The molecule has 0 spiro atoms. The highest BCUT2D eigenvalue weighted by atomic mass is 16.4. The molecule has 1 aliphatic rings. The van der Waals surface area contributed by atoms with Crippen LogP contribution in [-0.2, 0) is 4.79 Å². The van der Waals surface area contributed by atoms with Crippen molar-refractivity contribution in [2.45, 2.75) is 57.5 Å². The van der Waals surface area contributed by atoms with Crippen LogP contribution < -0.4 is 5.32 Å². The lowest BCUT2D eigenvalue weighted by atomic mass is 10.0. The van der Waals surface area contributed by atoms with E-state index in [9.17, 15) is 9.90 Å². The Labute approximate surface area is 97.0 Å². The predicted octanol–water partition coefficient (Wildman–Crippen LogP) is 1.38. The molecule has 0 saturated heterocycles. The van der Waals surface area contributed by atoms with Gasteiger partial charge in [-0.3, -0.25) is 4.79 Å². The van der Waals surface area contributed by atoms with Gasteiger partial charge in [-0.15, -0.1) is 0 Å². The Morgan fingerprint density at radius 3 is 2.81 bits per heavy atom. The van der Waals surface area contributed by atoms with Gasteiger partial charge in [0.05, 0.1) is 0 Å². The van der Waals surface area contributed by atoms with E-state index in [1.165, 1.54) is 0 Å². The Kier molecular flexibility index (Phi) is 5.77. The van der Waals surface area contributed by atoms with Gasteiger partial charge in [0.25, 0.3) is 0 Å². The molecule has 4 nitrogen and oxygen atoms in total. The normalized spacial score (nSPS) is 26.9. The quantitative estimate of drug-likeness (QED) is 0.617. The number of aliphatic hydroxyl groups is 1. The molecule has 1 aliphatic carbocycles. The van der Waals surface area contributed by atoms with Crippen LogP contribution >= 0.6 is 0 Å². The Balaban J connectivity index is 2.43. The minimum atomic E-state index is -0.767. The molecule has 0 aromatic carbocycles. The number of aliphatic hydroxyl groups excluding tert-OH is 1. The first-order chi connectivity index (χ1) is 7.69. The molecule has 0 aliphatic heterocycles. The highest BCUT2D eigenvalue weighted by molar-refractivity contribution is 5.73. The zero-order valence-electron chi connectivity index (χ0n) is 9.98. The second kappa shape index (κ2) is 6.86. The molecule has 0 heterocycles. The molecule has 3 unspecified atom stereocenters. The number of hydrogen-bond acceptors (Lipinski definition) is 3. The van der Waals surface area contributed by atoms with Gasteiger partial charge in [-0.1, -0.05) is 26.2 Å². The van der Waals surface area contributed by atoms with E-state index in [0.29, 0.717) is 6.42 Å². The Bertz CT molecular complexity index is 220. The molecule has 0 bridgehead atoms. The highest BCUT2D eigenvalue weighted by Gasteiger charge is 2.30. The van der Waals surface area contributed by atoms with Crippen molar-refractivity contribution in [2.24, 2.45) is 5.92 Å². The van der Waals surface area contributed by atoms with Gasteiger partial charge in [-0.05, 0) is 25.2 Å². The zero-order valence-corrected chi connectivity index (χ0v) is 9.98. The molecule has 0 amide bonds. The average Bonchev–Trinajstić information content (AvgIpc) is 2.70. The maximum Gasteiger partial charge on any atom is 0.320 e. The summed E-state index contributed by atoms with van der Waals surface area (Å²) in [4.78, 5) is 11.1. The molecule has 0 radical (unpaired) electrons. The zero-order chi connectivity index (χ0) is 12.0. The standard InChI is InChI=1S/C12H23NO3/c1-2-3-6-11(12(15)16)13-10-7-4-5-9(10)8-14/h9-11,13-14H,2-8H2,1H3,(H,15,16). The summed E-state index contributed by atoms with van der Waals surface area (Å²) < 4.78 is 0. The van der Waals surface area contributed by atoms with Gasteiger partial charge in [0.15, 0.2) is 0 Å². The highest BCUT2D eigenvalue weighted by Crippen LogP contribution is 2.25. The average molecular weight is 229 g/mol. The van der Waals surface area contributed by atoms with Crippen molar-refractivity contribution in [3.63, 3.8) is 0 Å². The van der Waals surface area contributed by atoms with Crippen LogP contribution in [-0.4, -0.2) is 34.9 Å². The number of rotatable bonds is 7. The van der Waals surface area contributed by atoms with Crippen LogP contribution in [0.5, 0.6) is 0 Å². The van der Waals surface area contributed by atoms with Crippen molar-refractivity contribution in [2.75, 3.05) is 6.61 Å². The number of carboxylic acid groups (broad SMARTS) is 1. The van der Waals surface area contributed by atoms with Crippen molar-refractivity contribution in [3.8, 4) is 0 Å². The lowest BCUT2D eigenvalue weighted by Crippen LogP contribution is -2.45. The number of hydrogen-bond donors (Lipinski definition) is 3. The van der Waals surface area contributed by atoms with E-state index >= 15 is 0 Å². The van der Waals surface area contributed by atoms with Gasteiger partial charge in [0.2, 0.25) is 0 Å². The lowest BCUT2D eigenvalue weighted by molar-refractivity contribution is -0.140. The number of unbranched alkanes of at least 4 members (excludes halogenated alkanes) is 1. The molecule has 1 fully saturated rings. The van der Waals surface area contributed by atoms with E-state index in [-0.39, 0.29) is 18.6 Å². The number of aliphatic carboxylic acids is 1. The summed E-state index contributed by atoms with van der Waals surface area (Å²) in [6.45, 7) is 2.22. The maximum atomic E-state index is 11.1. The van der Waals surface area contributed by atoms with Crippen LogP contribution in [0.2, 0.25) is 0 Å². The fourth-order valence-electron chi connectivity index (χ4n) is 2.42. The molecular weight excluding hydrogens is 206 g/mol. The van der Waals surface area contributed by atoms with Crippen LogP contribution in [0.1, 0.15) is 45.4 Å². The van der Waals surface area contributed by atoms with Gasteiger partial charge < -0.3 is 15.5 Å². The van der Waals surface area contributed by atoms with E-state index in [4.69, 9.17) is 5.11 Å². The van der Waals surface area contributed by atoms with Crippen molar-refractivity contribution in [1.82, 2.24) is 5.32 Å². The lowest BCUT2D eigenvalue weighted by Gasteiger charge is -2.23. The van der Waals surface area contributed by atoms with Crippen LogP contribution in [0, 0.1) is 5.92 Å². The van der Waals surface area contributed by atoms with Crippen LogP contribution in [0.4, 0.5) is 0 Å².